The Morgan fingerprint density at radius 2 is 0.873 bits per heavy atom. The molecule has 0 fully saturated rings. The summed E-state index contributed by atoms with van der Waals surface area (Å²) in [6.45, 7) is 0. The Kier molecular flexibility index (Phi) is 4.21. The highest BCUT2D eigenvalue weighted by Gasteiger charge is 2.22. The smallest absolute Gasteiger partial charge is 0.240 e. The van der Waals surface area contributed by atoms with E-state index in [0.29, 0.717) is 22.3 Å². The van der Waals surface area contributed by atoms with Crippen LogP contribution in [-0.4, -0.2) is 24.1 Å². The first kappa shape index (κ1) is 19.0. The standard InChI is InChI=1S/C57H35N5O/c1-3-14-36(15-4-1)40-26-29-45-46-30-27-41(37-16-5-2-6-17-37)35-52(46)62(51(45)34-40)57-59-55(58-56(60-57)61-49-23-10-7-20-43(49)44-21-8-11-24-50(44)61)42-19-13-18-38(32-42)39-28-31-54-48(33-39)47-22-9-12-25-53(47)63-54/h1-35H/i1D,2D,3D,4D,5D,6D,7D,8D,10D,11D,14D,15D,16D,17D,20D,21D,23D,24D,26D,27D,29D,30D,34D,35D. The first-order valence-electron chi connectivity index (χ1n) is 31.2. The summed E-state index contributed by atoms with van der Waals surface area (Å²) < 4.78 is 226. The van der Waals surface area contributed by atoms with E-state index in [2.05, 4.69) is 0 Å². The summed E-state index contributed by atoms with van der Waals surface area (Å²) in [6, 6.07) is -0.737. The van der Waals surface area contributed by atoms with Gasteiger partial charge in [0.05, 0.1) is 55.0 Å². The molecule has 4 aromatic heterocycles. The average Bonchev–Trinajstić information content (AvgIpc) is 1.58. The van der Waals surface area contributed by atoms with Crippen LogP contribution in [0, 0.1) is 0 Å². The third-order valence-corrected chi connectivity index (χ3v) is 10.7. The van der Waals surface area contributed by atoms with E-state index in [1.54, 1.807) is 36.4 Å². The highest BCUT2D eigenvalue weighted by Crippen LogP contribution is 2.39. The van der Waals surface area contributed by atoms with Crippen LogP contribution in [0.15, 0.2) is 216 Å². The number of hydrogen-bond acceptors (Lipinski definition) is 4. The van der Waals surface area contributed by atoms with Gasteiger partial charge in [0.2, 0.25) is 11.9 Å². The van der Waals surface area contributed by atoms with Gasteiger partial charge in [-0.05, 0) is 81.8 Å². The van der Waals surface area contributed by atoms with E-state index < -0.39 is 212 Å². The van der Waals surface area contributed by atoms with E-state index in [-0.39, 0.29) is 22.2 Å². The molecular formula is C57H35N5O. The predicted octanol–water partition coefficient (Wildman–Crippen LogP) is 14.6. The number of hydrogen-bond donors (Lipinski definition) is 0. The van der Waals surface area contributed by atoms with Gasteiger partial charge in [-0.2, -0.15) is 15.0 Å². The zero-order valence-electron chi connectivity index (χ0n) is 56.0. The van der Waals surface area contributed by atoms with Crippen LogP contribution in [0.5, 0.6) is 0 Å². The van der Waals surface area contributed by atoms with Crippen molar-refractivity contribution < 1.29 is 37.3 Å². The molecule has 6 heteroatoms. The van der Waals surface area contributed by atoms with Crippen LogP contribution in [0.1, 0.15) is 32.9 Å². The molecule has 0 radical (unpaired) electrons. The van der Waals surface area contributed by atoms with Gasteiger partial charge in [0.15, 0.2) is 5.82 Å². The Bertz CT molecular complexity index is 5080. The van der Waals surface area contributed by atoms with Gasteiger partial charge in [0, 0.05) is 37.9 Å². The number of rotatable bonds is 6. The summed E-state index contributed by atoms with van der Waals surface area (Å²) in [4.78, 5) is 14.7. The minimum atomic E-state index is -0.916. The molecule has 0 bridgehead atoms. The maximum absolute atomic E-state index is 10.1. The van der Waals surface area contributed by atoms with E-state index in [4.69, 9.17) is 41.3 Å². The Balaban J connectivity index is 1.25. The third kappa shape index (κ3) is 5.69. The van der Waals surface area contributed by atoms with Crippen molar-refractivity contribution in [3.8, 4) is 56.7 Å². The maximum Gasteiger partial charge on any atom is 0.240 e. The highest BCUT2D eigenvalue weighted by molar-refractivity contribution is 6.12. The highest BCUT2D eigenvalue weighted by atomic mass is 16.3. The minimum absolute atomic E-state index is 0.154. The number of benzene rings is 9. The molecule has 4 heterocycles. The number of furan rings is 1. The van der Waals surface area contributed by atoms with E-state index in [1.807, 2.05) is 30.3 Å². The van der Waals surface area contributed by atoms with Gasteiger partial charge >= 0.3 is 0 Å². The quantitative estimate of drug-likeness (QED) is 0.167. The molecule has 0 spiro atoms. The fraction of sp³-hybridized carbons (Fsp3) is 0. The third-order valence-electron chi connectivity index (χ3n) is 10.7. The predicted molar refractivity (Wildman–Crippen MR) is 258 cm³/mol. The largest absolute Gasteiger partial charge is 0.456 e. The van der Waals surface area contributed by atoms with Crippen molar-refractivity contribution in [2.75, 3.05) is 0 Å². The molecule has 294 valence electrons. The Hall–Kier alpha value is -8.61. The lowest BCUT2D eigenvalue weighted by Crippen LogP contribution is -2.10. The molecule has 0 saturated carbocycles. The monoisotopic (exact) mass is 829 g/mol. The molecule has 0 N–H and O–H groups in total. The van der Waals surface area contributed by atoms with Crippen molar-refractivity contribution in [2.24, 2.45) is 0 Å². The molecule has 0 aliphatic rings. The van der Waals surface area contributed by atoms with E-state index in [0.717, 1.165) is 19.9 Å². The van der Waals surface area contributed by atoms with Gasteiger partial charge in [-0.15, -0.1) is 0 Å². The van der Waals surface area contributed by atoms with Crippen LogP contribution in [0.4, 0.5) is 0 Å². The van der Waals surface area contributed by atoms with Crippen LogP contribution in [0.25, 0.3) is 122 Å². The molecule has 13 aromatic rings. The van der Waals surface area contributed by atoms with Crippen molar-refractivity contribution >= 4 is 65.6 Å². The summed E-state index contributed by atoms with van der Waals surface area (Å²) in [7, 11) is 0. The van der Waals surface area contributed by atoms with Crippen LogP contribution < -0.4 is 0 Å². The lowest BCUT2D eigenvalue weighted by Gasteiger charge is -2.14. The summed E-state index contributed by atoms with van der Waals surface area (Å²) in [5, 5.41) is -0.261. The molecule has 0 aliphatic heterocycles. The molecule has 0 unspecified atom stereocenters. The normalized spacial score (nSPS) is 17.1. The van der Waals surface area contributed by atoms with Gasteiger partial charge in [0.1, 0.15) is 11.2 Å². The van der Waals surface area contributed by atoms with Gasteiger partial charge in [0.25, 0.3) is 0 Å². The second-order valence-electron chi connectivity index (χ2n) is 14.2. The van der Waals surface area contributed by atoms with Gasteiger partial charge in [-0.3, -0.25) is 9.13 Å². The van der Waals surface area contributed by atoms with Gasteiger partial charge in [-0.25, -0.2) is 0 Å². The second-order valence-corrected chi connectivity index (χ2v) is 14.2. The summed E-state index contributed by atoms with van der Waals surface area (Å²) >= 11 is 0. The van der Waals surface area contributed by atoms with Crippen molar-refractivity contribution in [1.82, 2.24) is 24.1 Å². The zero-order valence-corrected chi connectivity index (χ0v) is 32.0. The zero-order chi connectivity index (χ0) is 62.3. The van der Waals surface area contributed by atoms with Gasteiger partial charge < -0.3 is 4.42 Å². The lowest BCUT2D eigenvalue weighted by molar-refractivity contribution is 0.669. The van der Waals surface area contributed by atoms with E-state index in [9.17, 15) is 11.0 Å². The minimum Gasteiger partial charge on any atom is -0.456 e. The fourth-order valence-corrected chi connectivity index (χ4v) is 7.85. The van der Waals surface area contributed by atoms with Crippen molar-refractivity contribution in [1.29, 1.82) is 0 Å². The topological polar surface area (TPSA) is 61.7 Å². The SMILES string of the molecule is [2H]c1c([2H])c([2H])c(-c2c([2H])c([2H])c3c4c([2H])c([2H])c(-c5c([2H])c([2H])c([2H])c([2H])c5[2H])c([2H])c4n(-c4nc(-c5cccc(-c6ccc7oc8ccccc8c7c6)c5)nc(-n5c6c([2H])c([2H])c([2H])c([2H])c6c6c([2H])c([2H])c([2H])c([2H])c65)n4)c3c2[2H])c([2H])c1[2H]. The number of para-hydroxylation sites is 3. The Morgan fingerprint density at radius 3 is 1.52 bits per heavy atom. The fourth-order valence-electron chi connectivity index (χ4n) is 7.85. The number of nitrogens with zero attached hydrogens (tertiary/aromatic N) is 5. The molecule has 0 atom stereocenters. The summed E-state index contributed by atoms with van der Waals surface area (Å²) in [6.07, 6.45) is 0. The molecule has 0 saturated heterocycles. The van der Waals surface area contributed by atoms with Crippen LogP contribution in [0.3, 0.4) is 0 Å². The first-order chi connectivity index (χ1) is 41.2. The maximum atomic E-state index is 10.1. The van der Waals surface area contributed by atoms with Crippen molar-refractivity contribution in [3.05, 3.63) is 212 Å². The molecule has 13 rings (SSSR count). The van der Waals surface area contributed by atoms with Gasteiger partial charge in [-0.1, -0.05) is 163 Å². The summed E-state index contributed by atoms with van der Waals surface area (Å²) in [5.74, 6) is -1.71. The Morgan fingerprint density at radius 1 is 0.349 bits per heavy atom. The van der Waals surface area contributed by atoms with E-state index >= 15 is 0 Å². The van der Waals surface area contributed by atoms with E-state index in [1.165, 1.54) is 0 Å². The lowest BCUT2D eigenvalue weighted by atomic mass is 10.0. The van der Waals surface area contributed by atoms with Crippen LogP contribution in [0.2, 0.25) is 0 Å². The Labute approximate surface area is 395 Å². The summed E-state index contributed by atoms with van der Waals surface area (Å²) in [5.41, 5.74) is -2.47. The van der Waals surface area contributed by atoms with Crippen LogP contribution >= 0.6 is 0 Å². The van der Waals surface area contributed by atoms with Crippen LogP contribution in [-0.2, 0) is 0 Å². The number of fused-ring (bicyclic) bond motifs is 9. The van der Waals surface area contributed by atoms with Crippen molar-refractivity contribution in [2.45, 2.75) is 0 Å². The molecule has 0 amide bonds. The molecule has 9 aromatic carbocycles. The van der Waals surface area contributed by atoms with Crippen molar-refractivity contribution in [3.63, 3.8) is 0 Å². The number of aromatic nitrogens is 5. The second kappa shape index (κ2) is 14.0. The average molecular weight is 830 g/mol. The molecule has 0 aliphatic carbocycles. The first-order valence-corrected chi connectivity index (χ1v) is 19.2. The molecule has 63 heavy (non-hydrogen) atoms. The molecule has 6 nitrogen and oxygen atoms in total. The molecular weight excluding hydrogens is 771 g/mol.